The molecule has 6 nitrogen and oxygen atoms in total. The first-order valence-electron chi connectivity index (χ1n) is 8.86. The van der Waals surface area contributed by atoms with Crippen molar-refractivity contribution < 1.29 is 19.1 Å². The van der Waals surface area contributed by atoms with E-state index in [1.165, 1.54) is 4.90 Å². The molecule has 3 rings (SSSR count). The Morgan fingerprint density at radius 3 is 2.33 bits per heavy atom. The van der Waals surface area contributed by atoms with Gasteiger partial charge in [-0.15, -0.1) is 0 Å². The summed E-state index contributed by atoms with van der Waals surface area (Å²) in [6, 6.07) is 9.97. The fourth-order valence-electron chi connectivity index (χ4n) is 3.18. The Kier molecular flexibility index (Phi) is 5.19. The lowest BCUT2D eigenvalue weighted by Gasteiger charge is -2.24. The molecule has 1 aliphatic rings. The van der Waals surface area contributed by atoms with Crippen LogP contribution in [-0.4, -0.2) is 53.8 Å². The third kappa shape index (κ3) is 3.66. The number of aryl methyl sites for hydroxylation is 2. The molecule has 1 aromatic carbocycles. The molecule has 1 aliphatic heterocycles. The Balaban J connectivity index is 2.11. The van der Waals surface area contributed by atoms with Gasteiger partial charge < -0.3 is 19.3 Å². The van der Waals surface area contributed by atoms with Gasteiger partial charge >= 0.3 is 0 Å². The van der Waals surface area contributed by atoms with Crippen LogP contribution in [0.15, 0.2) is 46.4 Å². The number of rotatable bonds is 5. The lowest BCUT2D eigenvalue weighted by molar-refractivity contribution is -0.140. The van der Waals surface area contributed by atoms with E-state index in [0.717, 1.165) is 5.56 Å². The number of likely N-dealkylation sites (tertiary alicyclic amines) is 1. The lowest BCUT2D eigenvalue weighted by Crippen LogP contribution is -2.35. The SMILES string of the molecule is Cc1ccc(/C(O)=C2\C(=O)C(=O)N(CCN(C)C)C2c2ccc(C)o2)cc1. The highest BCUT2D eigenvalue weighted by Gasteiger charge is 2.47. The maximum atomic E-state index is 12.8. The van der Waals surface area contributed by atoms with Crippen LogP contribution >= 0.6 is 0 Å². The molecule has 1 atom stereocenters. The Hall–Kier alpha value is -2.86. The number of Topliss-reactive ketones (excluding diaryl/α,β-unsaturated/α-hetero) is 1. The van der Waals surface area contributed by atoms with Gasteiger partial charge in [-0.05, 0) is 40.1 Å². The highest BCUT2D eigenvalue weighted by molar-refractivity contribution is 6.46. The second kappa shape index (κ2) is 7.40. The quantitative estimate of drug-likeness (QED) is 0.499. The van der Waals surface area contributed by atoms with E-state index < -0.39 is 17.7 Å². The molecule has 1 amide bonds. The number of carbonyl (C=O) groups excluding carboxylic acids is 2. The summed E-state index contributed by atoms with van der Waals surface area (Å²) in [7, 11) is 3.80. The zero-order valence-electron chi connectivity index (χ0n) is 16.0. The molecule has 6 heteroatoms. The number of likely N-dealkylation sites (N-methyl/N-ethyl adjacent to an activating group) is 1. The number of carbonyl (C=O) groups is 2. The molecular formula is C21H24N2O4. The lowest BCUT2D eigenvalue weighted by atomic mass is 9.99. The second-order valence-corrected chi connectivity index (χ2v) is 7.11. The number of amides is 1. The van der Waals surface area contributed by atoms with Crippen LogP contribution in [0.2, 0.25) is 0 Å². The van der Waals surface area contributed by atoms with Crippen molar-refractivity contribution in [3.63, 3.8) is 0 Å². The predicted molar refractivity (Wildman–Crippen MR) is 102 cm³/mol. The first kappa shape index (κ1) is 18.9. The molecule has 1 aromatic heterocycles. The van der Waals surface area contributed by atoms with Crippen LogP contribution in [-0.2, 0) is 9.59 Å². The predicted octanol–water partition coefficient (Wildman–Crippen LogP) is 2.88. The molecule has 0 saturated carbocycles. The summed E-state index contributed by atoms with van der Waals surface area (Å²) in [4.78, 5) is 28.9. The van der Waals surface area contributed by atoms with Gasteiger partial charge in [-0.3, -0.25) is 9.59 Å². The summed E-state index contributed by atoms with van der Waals surface area (Å²) in [5.74, 6) is -0.340. The van der Waals surface area contributed by atoms with E-state index in [0.29, 0.717) is 30.2 Å². The van der Waals surface area contributed by atoms with Crippen LogP contribution < -0.4 is 0 Å². The van der Waals surface area contributed by atoms with Crippen molar-refractivity contribution in [1.82, 2.24) is 9.80 Å². The van der Waals surface area contributed by atoms with Crippen molar-refractivity contribution >= 4 is 17.4 Å². The molecule has 2 heterocycles. The van der Waals surface area contributed by atoms with Crippen LogP contribution in [0.3, 0.4) is 0 Å². The summed E-state index contributed by atoms with van der Waals surface area (Å²) in [6.07, 6.45) is 0. The fourth-order valence-corrected chi connectivity index (χ4v) is 3.18. The maximum Gasteiger partial charge on any atom is 0.295 e. The highest BCUT2D eigenvalue weighted by atomic mass is 16.3. The normalized spacial score (nSPS) is 19.3. The zero-order chi connectivity index (χ0) is 19.7. The van der Waals surface area contributed by atoms with Crippen LogP contribution in [0.1, 0.15) is 28.7 Å². The van der Waals surface area contributed by atoms with Crippen molar-refractivity contribution in [3.05, 3.63) is 64.6 Å². The first-order chi connectivity index (χ1) is 12.8. The molecule has 27 heavy (non-hydrogen) atoms. The number of furan rings is 1. The van der Waals surface area contributed by atoms with Gasteiger partial charge in [0.1, 0.15) is 23.3 Å². The second-order valence-electron chi connectivity index (χ2n) is 7.11. The molecule has 1 N–H and O–H groups in total. The Morgan fingerprint density at radius 1 is 1.11 bits per heavy atom. The Labute approximate surface area is 158 Å². The summed E-state index contributed by atoms with van der Waals surface area (Å²) >= 11 is 0. The Morgan fingerprint density at radius 2 is 1.78 bits per heavy atom. The van der Waals surface area contributed by atoms with Gasteiger partial charge in [-0.1, -0.05) is 29.8 Å². The van der Waals surface area contributed by atoms with E-state index in [-0.39, 0.29) is 11.3 Å². The van der Waals surface area contributed by atoms with Gasteiger partial charge in [0.15, 0.2) is 0 Å². The van der Waals surface area contributed by atoms with E-state index in [9.17, 15) is 14.7 Å². The van der Waals surface area contributed by atoms with E-state index >= 15 is 0 Å². The molecule has 0 aliphatic carbocycles. The summed E-state index contributed by atoms with van der Waals surface area (Å²) < 4.78 is 5.73. The van der Waals surface area contributed by atoms with Crippen LogP contribution in [0.4, 0.5) is 0 Å². The Bertz CT molecular complexity index is 893. The van der Waals surface area contributed by atoms with Crippen molar-refractivity contribution in [3.8, 4) is 0 Å². The van der Waals surface area contributed by atoms with Crippen molar-refractivity contribution in [1.29, 1.82) is 0 Å². The number of benzene rings is 1. The highest BCUT2D eigenvalue weighted by Crippen LogP contribution is 2.39. The first-order valence-corrected chi connectivity index (χ1v) is 8.86. The smallest absolute Gasteiger partial charge is 0.295 e. The fraction of sp³-hybridized carbons (Fsp3) is 0.333. The molecule has 0 radical (unpaired) electrons. The maximum absolute atomic E-state index is 12.8. The van der Waals surface area contributed by atoms with Crippen molar-refractivity contribution in [2.75, 3.05) is 27.2 Å². The van der Waals surface area contributed by atoms with E-state index in [4.69, 9.17) is 4.42 Å². The number of aliphatic hydroxyl groups excluding tert-OH is 1. The summed E-state index contributed by atoms with van der Waals surface area (Å²) in [5, 5.41) is 10.9. The number of ketones is 1. The number of hydrogen-bond donors (Lipinski definition) is 1. The van der Waals surface area contributed by atoms with Gasteiger partial charge in [0, 0.05) is 18.7 Å². The van der Waals surface area contributed by atoms with Gasteiger partial charge in [-0.25, -0.2) is 0 Å². The molecule has 0 bridgehead atoms. The zero-order valence-corrected chi connectivity index (χ0v) is 16.0. The minimum absolute atomic E-state index is 0.0666. The van der Waals surface area contributed by atoms with E-state index in [2.05, 4.69) is 0 Å². The van der Waals surface area contributed by atoms with E-state index in [1.807, 2.05) is 38.1 Å². The minimum Gasteiger partial charge on any atom is -0.507 e. The van der Waals surface area contributed by atoms with Gasteiger partial charge in [0.05, 0.1) is 5.57 Å². The molecule has 0 spiro atoms. The number of aliphatic hydroxyl groups is 1. The molecular weight excluding hydrogens is 344 g/mol. The van der Waals surface area contributed by atoms with Crippen molar-refractivity contribution in [2.45, 2.75) is 19.9 Å². The average molecular weight is 368 g/mol. The van der Waals surface area contributed by atoms with Crippen molar-refractivity contribution in [2.24, 2.45) is 0 Å². The van der Waals surface area contributed by atoms with Gasteiger partial charge in [0.2, 0.25) is 0 Å². The van der Waals surface area contributed by atoms with E-state index in [1.54, 1.807) is 31.2 Å². The van der Waals surface area contributed by atoms with Gasteiger partial charge in [-0.2, -0.15) is 0 Å². The minimum atomic E-state index is -0.736. The van der Waals surface area contributed by atoms with Gasteiger partial charge in [0.25, 0.3) is 11.7 Å². The molecule has 1 unspecified atom stereocenters. The van der Waals surface area contributed by atoms with Crippen LogP contribution in [0, 0.1) is 13.8 Å². The molecule has 2 aromatic rings. The summed E-state index contributed by atoms with van der Waals surface area (Å²) in [6.45, 7) is 4.69. The number of nitrogens with zero attached hydrogens (tertiary/aromatic N) is 2. The van der Waals surface area contributed by atoms with Crippen LogP contribution in [0.25, 0.3) is 5.76 Å². The third-order valence-electron chi connectivity index (χ3n) is 4.68. The largest absolute Gasteiger partial charge is 0.507 e. The topological polar surface area (TPSA) is 74.0 Å². The standard InChI is InChI=1S/C21H24N2O4/c1-13-5-8-15(9-6-13)19(24)17-18(16-10-7-14(2)27-16)23(12-11-22(3)4)21(26)20(17)25/h5-10,18,24H,11-12H2,1-4H3/b19-17+. The summed E-state index contributed by atoms with van der Waals surface area (Å²) in [5.41, 5.74) is 1.60. The van der Waals surface area contributed by atoms with Crippen LogP contribution in [0.5, 0.6) is 0 Å². The monoisotopic (exact) mass is 368 g/mol. The average Bonchev–Trinajstić information content (AvgIpc) is 3.15. The molecule has 142 valence electrons. The third-order valence-corrected chi connectivity index (χ3v) is 4.68. The molecule has 1 saturated heterocycles. The number of hydrogen-bond acceptors (Lipinski definition) is 5. The molecule has 1 fully saturated rings.